The van der Waals surface area contributed by atoms with Gasteiger partial charge in [0.05, 0.1) is 0 Å². The zero-order valence-electron chi connectivity index (χ0n) is 8.84. The Labute approximate surface area is 98.3 Å². The fourth-order valence-corrected chi connectivity index (χ4v) is 1.75. The maximum atomic E-state index is 5.57. The van der Waals surface area contributed by atoms with Crippen molar-refractivity contribution < 1.29 is 0 Å². The number of nitrogen functional groups attached to an aromatic ring is 1. The molecule has 5 heteroatoms. The number of nitrogens with one attached hydrogen (secondary N) is 1. The summed E-state index contributed by atoms with van der Waals surface area (Å²) in [6, 6.07) is 9.80. The van der Waals surface area contributed by atoms with Gasteiger partial charge >= 0.3 is 0 Å². The van der Waals surface area contributed by atoms with E-state index in [-0.39, 0.29) is 0 Å². The molecule has 0 atom stereocenters. The van der Waals surface area contributed by atoms with Crippen molar-refractivity contribution >= 4 is 29.1 Å². The van der Waals surface area contributed by atoms with Crippen LogP contribution < -0.4 is 11.1 Å². The van der Waals surface area contributed by atoms with Gasteiger partial charge in [-0.25, -0.2) is 9.97 Å². The standard InChI is InChI=1S/C11H12N4S/c1-16-9-4-2-3-8(5-9)15-11-6-10(12)13-7-14-11/h2-7H,1H3,(H3,12,13,14,15). The van der Waals surface area contributed by atoms with Crippen LogP contribution in [-0.2, 0) is 0 Å². The molecule has 0 aliphatic carbocycles. The SMILES string of the molecule is CSc1cccc(Nc2cc(N)ncn2)c1. The lowest BCUT2D eigenvalue weighted by molar-refractivity contribution is 1.17. The van der Waals surface area contributed by atoms with Crippen molar-refractivity contribution in [3.8, 4) is 0 Å². The van der Waals surface area contributed by atoms with E-state index in [1.54, 1.807) is 17.8 Å². The number of anilines is 3. The number of thioether (sulfide) groups is 1. The molecule has 1 aromatic carbocycles. The average molecular weight is 232 g/mol. The van der Waals surface area contributed by atoms with E-state index in [2.05, 4.69) is 27.4 Å². The Bertz CT molecular complexity index is 487. The second-order valence-electron chi connectivity index (χ2n) is 3.19. The average Bonchev–Trinajstić information content (AvgIpc) is 2.29. The molecule has 0 amide bonds. The van der Waals surface area contributed by atoms with Gasteiger partial charge in [0.25, 0.3) is 0 Å². The monoisotopic (exact) mass is 232 g/mol. The molecule has 0 spiro atoms. The predicted octanol–water partition coefficient (Wildman–Crippen LogP) is 2.52. The summed E-state index contributed by atoms with van der Waals surface area (Å²) in [6.07, 6.45) is 3.48. The molecule has 0 fully saturated rings. The minimum absolute atomic E-state index is 0.457. The summed E-state index contributed by atoms with van der Waals surface area (Å²) in [4.78, 5) is 9.12. The quantitative estimate of drug-likeness (QED) is 0.796. The molecule has 0 unspecified atom stereocenters. The first-order chi connectivity index (χ1) is 7.78. The summed E-state index contributed by atoms with van der Waals surface area (Å²) < 4.78 is 0. The molecule has 0 aliphatic rings. The molecule has 0 saturated carbocycles. The molecule has 3 N–H and O–H groups in total. The predicted molar refractivity (Wildman–Crippen MR) is 68.0 cm³/mol. The van der Waals surface area contributed by atoms with Crippen molar-refractivity contribution in [3.05, 3.63) is 36.7 Å². The second-order valence-corrected chi connectivity index (χ2v) is 4.06. The maximum absolute atomic E-state index is 5.57. The second kappa shape index (κ2) is 4.85. The lowest BCUT2D eigenvalue weighted by Crippen LogP contribution is -1.97. The molecule has 16 heavy (non-hydrogen) atoms. The van der Waals surface area contributed by atoms with Gasteiger partial charge in [0.1, 0.15) is 18.0 Å². The molecule has 0 saturated heterocycles. The highest BCUT2D eigenvalue weighted by Gasteiger charge is 1.98. The highest BCUT2D eigenvalue weighted by molar-refractivity contribution is 7.98. The Balaban J connectivity index is 2.20. The number of hydrogen-bond donors (Lipinski definition) is 2. The topological polar surface area (TPSA) is 63.8 Å². The molecular weight excluding hydrogens is 220 g/mol. The van der Waals surface area contributed by atoms with Crippen LogP contribution in [0, 0.1) is 0 Å². The van der Waals surface area contributed by atoms with Crippen molar-refractivity contribution in [3.63, 3.8) is 0 Å². The maximum Gasteiger partial charge on any atom is 0.135 e. The Morgan fingerprint density at radius 2 is 2.12 bits per heavy atom. The number of rotatable bonds is 3. The molecule has 4 nitrogen and oxygen atoms in total. The lowest BCUT2D eigenvalue weighted by atomic mass is 10.3. The van der Waals surface area contributed by atoms with Gasteiger partial charge in [-0.15, -0.1) is 11.8 Å². The van der Waals surface area contributed by atoms with Crippen LogP contribution in [0.1, 0.15) is 0 Å². The number of nitrogens with zero attached hydrogens (tertiary/aromatic N) is 2. The first kappa shape index (κ1) is 10.8. The van der Waals surface area contributed by atoms with Gasteiger partial charge in [-0.1, -0.05) is 6.07 Å². The molecule has 1 heterocycles. The molecule has 0 bridgehead atoms. The van der Waals surface area contributed by atoms with E-state index in [1.807, 2.05) is 18.4 Å². The minimum atomic E-state index is 0.457. The summed E-state index contributed by atoms with van der Waals surface area (Å²) in [6.45, 7) is 0. The molecule has 0 aliphatic heterocycles. The Kier molecular flexibility index (Phi) is 3.26. The van der Waals surface area contributed by atoms with Crippen molar-refractivity contribution in [2.45, 2.75) is 4.90 Å². The molecular formula is C11H12N4S. The van der Waals surface area contributed by atoms with Crippen LogP contribution in [0.3, 0.4) is 0 Å². The Morgan fingerprint density at radius 1 is 1.25 bits per heavy atom. The summed E-state index contributed by atoms with van der Waals surface area (Å²) >= 11 is 1.70. The smallest absolute Gasteiger partial charge is 0.135 e. The minimum Gasteiger partial charge on any atom is -0.384 e. The normalized spacial score (nSPS) is 10.1. The summed E-state index contributed by atoms with van der Waals surface area (Å²) in [7, 11) is 0. The summed E-state index contributed by atoms with van der Waals surface area (Å²) in [5, 5.41) is 3.18. The van der Waals surface area contributed by atoms with E-state index in [0.717, 1.165) is 5.69 Å². The third kappa shape index (κ3) is 2.64. The van der Waals surface area contributed by atoms with Gasteiger partial charge in [0.2, 0.25) is 0 Å². The largest absolute Gasteiger partial charge is 0.384 e. The zero-order chi connectivity index (χ0) is 11.4. The summed E-state index contributed by atoms with van der Waals surface area (Å²) in [5.74, 6) is 1.16. The summed E-state index contributed by atoms with van der Waals surface area (Å²) in [5.41, 5.74) is 6.56. The number of benzene rings is 1. The van der Waals surface area contributed by atoms with E-state index in [0.29, 0.717) is 11.6 Å². The van der Waals surface area contributed by atoms with Crippen molar-refractivity contribution in [1.29, 1.82) is 0 Å². The van der Waals surface area contributed by atoms with Gasteiger partial charge in [-0.05, 0) is 24.5 Å². The molecule has 2 rings (SSSR count). The van der Waals surface area contributed by atoms with E-state index >= 15 is 0 Å². The zero-order valence-corrected chi connectivity index (χ0v) is 9.66. The van der Waals surface area contributed by atoms with Crippen molar-refractivity contribution in [2.75, 3.05) is 17.3 Å². The van der Waals surface area contributed by atoms with Gasteiger partial charge in [0.15, 0.2) is 0 Å². The molecule has 1 aromatic heterocycles. The van der Waals surface area contributed by atoms with E-state index in [9.17, 15) is 0 Å². The number of nitrogens with two attached hydrogens (primary N) is 1. The van der Waals surface area contributed by atoms with Crippen LogP contribution in [0.2, 0.25) is 0 Å². The lowest BCUT2D eigenvalue weighted by Gasteiger charge is -2.06. The van der Waals surface area contributed by atoms with Gasteiger partial charge in [-0.2, -0.15) is 0 Å². The number of aromatic nitrogens is 2. The molecule has 82 valence electrons. The molecule has 2 aromatic rings. The van der Waals surface area contributed by atoms with Gasteiger partial charge in [-0.3, -0.25) is 0 Å². The molecule has 0 radical (unpaired) electrons. The first-order valence-electron chi connectivity index (χ1n) is 4.76. The number of hydrogen-bond acceptors (Lipinski definition) is 5. The van der Waals surface area contributed by atoms with E-state index < -0.39 is 0 Å². The first-order valence-corrected chi connectivity index (χ1v) is 5.99. The fraction of sp³-hybridized carbons (Fsp3) is 0.0909. The van der Waals surface area contributed by atoms with Crippen LogP contribution in [0.25, 0.3) is 0 Å². The van der Waals surface area contributed by atoms with Crippen molar-refractivity contribution in [1.82, 2.24) is 9.97 Å². The van der Waals surface area contributed by atoms with E-state index in [4.69, 9.17) is 5.73 Å². The highest BCUT2D eigenvalue weighted by Crippen LogP contribution is 2.21. The third-order valence-electron chi connectivity index (χ3n) is 2.03. The van der Waals surface area contributed by atoms with Crippen LogP contribution in [-0.4, -0.2) is 16.2 Å². The third-order valence-corrected chi connectivity index (χ3v) is 2.76. The van der Waals surface area contributed by atoms with Crippen LogP contribution in [0.4, 0.5) is 17.3 Å². The van der Waals surface area contributed by atoms with Gasteiger partial charge < -0.3 is 11.1 Å². The van der Waals surface area contributed by atoms with Gasteiger partial charge in [0, 0.05) is 16.6 Å². The highest BCUT2D eigenvalue weighted by atomic mass is 32.2. The Hall–Kier alpha value is -1.75. The van der Waals surface area contributed by atoms with Crippen LogP contribution in [0.15, 0.2) is 41.6 Å². The van der Waals surface area contributed by atoms with E-state index in [1.165, 1.54) is 11.2 Å². The van der Waals surface area contributed by atoms with Crippen molar-refractivity contribution in [2.24, 2.45) is 0 Å². The fourth-order valence-electron chi connectivity index (χ4n) is 1.29. The van der Waals surface area contributed by atoms with Crippen LogP contribution in [0.5, 0.6) is 0 Å². The Morgan fingerprint density at radius 3 is 2.88 bits per heavy atom. The van der Waals surface area contributed by atoms with Crippen LogP contribution >= 0.6 is 11.8 Å².